The number of carbonyl (C=O) groups is 2. The Balaban J connectivity index is 1.99. The van der Waals surface area contributed by atoms with Crippen LogP contribution in [0.15, 0.2) is 0 Å². The smallest absolute Gasteiger partial charge is 0.310 e. The average Bonchev–Trinajstić information content (AvgIpc) is 2.65. The van der Waals surface area contributed by atoms with Gasteiger partial charge in [-0.05, 0) is 32.6 Å². The number of carbonyl (C=O) groups excluding carboxylic acids is 1. The summed E-state index contributed by atoms with van der Waals surface area (Å²) in [6.45, 7) is 3.33. The van der Waals surface area contributed by atoms with Crippen molar-refractivity contribution in [2.75, 3.05) is 13.2 Å². The maximum absolute atomic E-state index is 12.4. The van der Waals surface area contributed by atoms with E-state index < -0.39 is 11.4 Å². The van der Waals surface area contributed by atoms with E-state index >= 15 is 0 Å². The van der Waals surface area contributed by atoms with Crippen molar-refractivity contribution in [3.63, 3.8) is 0 Å². The summed E-state index contributed by atoms with van der Waals surface area (Å²) in [4.78, 5) is 24.1. The summed E-state index contributed by atoms with van der Waals surface area (Å²) in [6, 6.07) is 0. The first-order valence-corrected chi connectivity index (χ1v) is 8.08. The van der Waals surface area contributed by atoms with Gasteiger partial charge in [-0.1, -0.05) is 25.7 Å². The first kappa shape index (κ1) is 16.3. The number of hydrogen-bond donors (Lipinski definition) is 2. The Morgan fingerprint density at radius 3 is 2.14 bits per heavy atom. The molecule has 5 heteroatoms. The van der Waals surface area contributed by atoms with Crippen LogP contribution in [0.3, 0.4) is 0 Å². The van der Waals surface area contributed by atoms with Crippen molar-refractivity contribution in [1.82, 2.24) is 5.32 Å². The molecule has 0 aromatic heterocycles. The van der Waals surface area contributed by atoms with E-state index in [0.717, 1.165) is 38.5 Å². The van der Waals surface area contributed by atoms with Crippen LogP contribution in [-0.2, 0) is 14.3 Å². The van der Waals surface area contributed by atoms with Crippen molar-refractivity contribution in [3.05, 3.63) is 0 Å². The molecule has 120 valence electrons. The van der Waals surface area contributed by atoms with E-state index in [2.05, 4.69) is 5.32 Å². The minimum absolute atomic E-state index is 0.110. The molecule has 0 spiro atoms. The molecule has 1 aliphatic heterocycles. The Morgan fingerprint density at radius 2 is 1.62 bits per heavy atom. The molecule has 21 heavy (non-hydrogen) atoms. The van der Waals surface area contributed by atoms with E-state index in [9.17, 15) is 14.7 Å². The van der Waals surface area contributed by atoms with Crippen LogP contribution in [0.25, 0.3) is 0 Å². The number of amides is 1. The maximum atomic E-state index is 12.4. The SMILES string of the molecule is CC1(NC(=O)CC2(C(=O)O)CCCCCC2)CCOCC1. The van der Waals surface area contributed by atoms with Crippen LogP contribution in [0, 0.1) is 5.41 Å². The molecule has 0 aromatic rings. The average molecular weight is 297 g/mol. The lowest BCUT2D eigenvalue weighted by atomic mass is 9.77. The van der Waals surface area contributed by atoms with Gasteiger partial charge in [0.05, 0.1) is 5.41 Å². The summed E-state index contributed by atoms with van der Waals surface area (Å²) in [5.41, 5.74) is -1.11. The summed E-state index contributed by atoms with van der Waals surface area (Å²) in [6.07, 6.45) is 6.90. The molecule has 2 N–H and O–H groups in total. The second-order valence-corrected chi connectivity index (χ2v) is 6.90. The largest absolute Gasteiger partial charge is 0.481 e. The third-order valence-electron chi connectivity index (χ3n) is 5.05. The number of carboxylic acid groups (broad SMARTS) is 1. The Bertz CT molecular complexity index is 380. The first-order valence-electron chi connectivity index (χ1n) is 8.08. The molecule has 0 bridgehead atoms. The lowest BCUT2D eigenvalue weighted by Crippen LogP contribution is -2.51. The lowest BCUT2D eigenvalue weighted by Gasteiger charge is -2.36. The summed E-state index contributed by atoms with van der Waals surface area (Å²) < 4.78 is 5.33. The van der Waals surface area contributed by atoms with Gasteiger partial charge in [0.15, 0.2) is 0 Å². The molecular weight excluding hydrogens is 270 g/mol. The molecule has 0 aromatic carbocycles. The molecule has 2 rings (SSSR count). The van der Waals surface area contributed by atoms with Gasteiger partial charge in [0.25, 0.3) is 0 Å². The minimum atomic E-state index is -0.859. The van der Waals surface area contributed by atoms with Crippen molar-refractivity contribution in [1.29, 1.82) is 0 Å². The van der Waals surface area contributed by atoms with E-state index in [-0.39, 0.29) is 17.9 Å². The Hall–Kier alpha value is -1.10. The third-order valence-corrected chi connectivity index (χ3v) is 5.05. The lowest BCUT2D eigenvalue weighted by molar-refractivity contribution is -0.153. The number of ether oxygens (including phenoxy) is 1. The van der Waals surface area contributed by atoms with E-state index in [1.165, 1.54) is 0 Å². The zero-order chi connectivity index (χ0) is 15.3. The quantitative estimate of drug-likeness (QED) is 0.782. The van der Waals surface area contributed by atoms with Crippen LogP contribution < -0.4 is 5.32 Å². The number of aliphatic carboxylic acids is 1. The first-order chi connectivity index (χ1) is 9.96. The van der Waals surface area contributed by atoms with Gasteiger partial charge in [-0.3, -0.25) is 9.59 Å². The van der Waals surface area contributed by atoms with Gasteiger partial charge < -0.3 is 15.2 Å². The molecule has 0 unspecified atom stereocenters. The fourth-order valence-electron chi connectivity index (χ4n) is 3.51. The molecule has 2 aliphatic rings. The van der Waals surface area contributed by atoms with Gasteiger partial charge in [0, 0.05) is 25.2 Å². The van der Waals surface area contributed by atoms with Gasteiger partial charge in [-0.2, -0.15) is 0 Å². The molecule has 0 radical (unpaired) electrons. The molecular formula is C16H27NO4. The highest BCUT2D eigenvalue weighted by atomic mass is 16.5. The van der Waals surface area contributed by atoms with E-state index in [1.807, 2.05) is 6.92 Å². The van der Waals surface area contributed by atoms with Gasteiger partial charge in [-0.25, -0.2) is 0 Å². The third kappa shape index (κ3) is 4.19. The summed E-state index contributed by atoms with van der Waals surface area (Å²) in [7, 11) is 0. The van der Waals surface area contributed by atoms with E-state index in [4.69, 9.17) is 4.74 Å². The molecule has 1 aliphatic carbocycles. The number of carboxylic acids is 1. The van der Waals surface area contributed by atoms with E-state index in [0.29, 0.717) is 26.1 Å². The van der Waals surface area contributed by atoms with Gasteiger partial charge in [-0.15, -0.1) is 0 Å². The van der Waals surface area contributed by atoms with Crippen LogP contribution >= 0.6 is 0 Å². The second kappa shape index (κ2) is 6.77. The fraction of sp³-hybridized carbons (Fsp3) is 0.875. The van der Waals surface area contributed by atoms with Crippen LogP contribution in [-0.4, -0.2) is 35.7 Å². The molecule has 1 saturated heterocycles. The maximum Gasteiger partial charge on any atom is 0.310 e. The zero-order valence-corrected chi connectivity index (χ0v) is 13.0. The summed E-state index contributed by atoms with van der Waals surface area (Å²) in [5, 5.41) is 12.7. The topological polar surface area (TPSA) is 75.6 Å². The highest BCUT2D eigenvalue weighted by molar-refractivity contribution is 5.85. The predicted molar refractivity (Wildman–Crippen MR) is 79.0 cm³/mol. The number of nitrogens with one attached hydrogen (secondary N) is 1. The highest BCUT2D eigenvalue weighted by Gasteiger charge is 2.41. The summed E-state index contributed by atoms with van der Waals surface area (Å²) >= 11 is 0. The molecule has 5 nitrogen and oxygen atoms in total. The number of rotatable bonds is 4. The fourth-order valence-corrected chi connectivity index (χ4v) is 3.51. The molecule has 2 fully saturated rings. The summed E-state index contributed by atoms with van der Waals surface area (Å²) in [5.74, 6) is -0.930. The normalized spacial score (nSPS) is 24.8. The van der Waals surface area contributed by atoms with Crippen LogP contribution in [0.1, 0.15) is 64.7 Å². The standard InChI is InChI=1S/C16H27NO4/c1-15(8-10-21-11-9-15)17-13(18)12-16(14(19)20)6-4-2-3-5-7-16/h2-12H2,1H3,(H,17,18)(H,19,20). The monoisotopic (exact) mass is 297 g/mol. The molecule has 1 saturated carbocycles. The van der Waals surface area contributed by atoms with Crippen LogP contribution in [0.5, 0.6) is 0 Å². The van der Waals surface area contributed by atoms with Gasteiger partial charge in [0.2, 0.25) is 5.91 Å². The van der Waals surface area contributed by atoms with Crippen molar-refractivity contribution < 1.29 is 19.4 Å². The van der Waals surface area contributed by atoms with Crippen molar-refractivity contribution >= 4 is 11.9 Å². The number of hydrogen-bond acceptors (Lipinski definition) is 3. The predicted octanol–water partition coefficient (Wildman–Crippen LogP) is 2.49. The Morgan fingerprint density at radius 1 is 1.05 bits per heavy atom. The Kier molecular flexibility index (Phi) is 5.25. The van der Waals surface area contributed by atoms with Crippen LogP contribution in [0.4, 0.5) is 0 Å². The molecule has 0 atom stereocenters. The van der Waals surface area contributed by atoms with E-state index in [1.54, 1.807) is 0 Å². The van der Waals surface area contributed by atoms with Gasteiger partial charge in [0.1, 0.15) is 0 Å². The van der Waals surface area contributed by atoms with Crippen molar-refractivity contribution in [3.8, 4) is 0 Å². The minimum Gasteiger partial charge on any atom is -0.481 e. The molecule has 1 amide bonds. The van der Waals surface area contributed by atoms with Crippen LogP contribution in [0.2, 0.25) is 0 Å². The second-order valence-electron chi connectivity index (χ2n) is 6.90. The van der Waals surface area contributed by atoms with Gasteiger partial charge >= 0.3 is 5.97 Å². The van der Waals surface area contributed by atoms with Crippen molar-refractivity contribution in [2.45, 2.75) is 70.3 Å². The highest BCUT2D eigenvalue weighted by Crippen LogP contribution is 2.38. The molecule has 1 heterocycles. The zero-order valence-electron chi connectivity index (χ0n) is 13.0. The Labute approximate surface area is 126 Å². The van der Waals surface area contributed by atoms with Crippen molar-refractivity contribution in [2.24, 2.45) is 5.41 Å².